The van der Waals surface area contributed by atoms with Crippen LogP contribution in [-0.4, -0.2) is 41.1 Å². The number of hydrogen-bond donors (Lipinski definition) is 1. The van der Waals surface area contributed by atoms with Crippen LogP contribution >= 0.6 is 0 Å². The van der Waals surface area contributed by atoms with E-state index in [9.17, 15) is 22.8 Å². The number of nitrogens with one attached hydrogen (secondary N) is 1. The van der Waals surface area contributed by atoms with Crippen LogP contribution in [-0.2, 0) is 9.59 Å². The molecular weight excluding hydrogens is 363 g/mol. The molecule has 2 aromatic rings. The third-order valence-electron chi connectivity index (χ3n) is 4.57. The van der Waals surface area contributed by atoms with E-state index < -0.39 is 18.0 Å². The van der Waals surface area contributed by atoms with E-state index in [4.69, 9.17) is 4.52 Å². The molecule has 27 heavy (non-hydrogen) atoms. The second-order valence-electron chi connectivity index (χ2n) is 6.49. The van der Waals surface area contributed by atoms with Gasteiger partial charge in [0.05, 0.1) is 11.8 Å². The van der Waals surface area contributed by atoms with Gasteiger partial charge in [0.15, 0.2) is 0 Å². The van der Waals surface area contributed by atoms with Crippen LogP contribution in [0.3, 0.4) is 0 Å². The van der Waals surface area contributed by atoms with Crippen LogP contribution < -0.4 is 5.32 Å². The molecule has 0 atom stereocenters. The van der Waals surface area contributed by atoms with Gasteiger partial charge in [0, 0.05) is 19.0 Å². The Balaban J connectivity index is 1.62. The first kappa shape index (κ1) is 18.9. The summed E-state index contributed by atoms with van der Waals surface area (Å²) in [5.74, 6) is -2.53. The molecule has 1 saturated heterocycles. The molecule has 0 bridgehead atoms. The Morgan fingerprint density at radius 2 is 1.81 bits per heavy atom. The maximum atomic E-state index is 12.5. The van der Waals surface area contributed by atoms with Crippen LogP contribution in [0.15, 0.2) is 35.0 Å². The Kier molecular flexibility index (Phi) is 5.20. The zero-order valence-corrected chi connectivity index (χ0v) is 14.5. The fourth-order valence-electron chi connectivity index (χ4n) is 3.01. The van der Waals surface area contributed by atoms with E-state index in [1.54, 1.807) is 0 Å². The average molecular weight is 381 g/mol. The Labute approximate surface area is 153 Å². The van der Waals surface area contributed by atoms with E-state index in [2.05, 4.69) is 10.5 Å². The second kappa shape index (κ2) is 7.42. The number of aromatic nitrogens is 1. The number of aryl methyl sites for hydroxylation is 1. The number of amides is 2. The number of carbonyl (C=O) groups is 2. The van der Waals surface area contributed by atoms with Gasteiger partial charge >= 0.3 is 12.1 Å². The summed E-state index contributed by atoms with van der Waals surface area (Å²) in [4.78, 5) is 24.4. The van der Waals surface area contributed by atoms with Crippen LogP contribution in [0.2, 0.25) is 0 Å². The quantitative estimate of drug-likeness (QED) is 0.884. The van der Waals surface area contributed by atoms with Crippen LogP contribution in [0.5, 0.6) is 0 Å². The number of carbonyl (C=O) groups excluding carboxylic acids is 2. The molecule has 6 nitrogen and oxygen atoms in total. The molecule has 0 radical (unpaired) electrons. The number of anilines is 1. The zero-order valence-electron chi connectivity index (χ0n) is 14.5. The molecule has 0 aliphatic carbocycles. The van der Waals surface area contributed by atoms with Crippen molar-refractivity contribution in [1.82, 2.24) is 10.1 Å². The van der Waals surface area contributed by atoms with E-state index >= 15 is 0 Å². The number of piperidine rings is 1. The van der Waals surface area contributed by atoms with Gasteiger partial charge in [-0.15, -0.1) is 0 Å². The first-order chi connectivity index (χ1) is 12.8. The first-order valence-corrected chi connectivity index (χ1v) is 8.44. The van der Waals surface area contributed by atoms with Crippen molar-refractivity contribution >= 4 is 17.7 Å². The lowest BCUT2D eigenvalue weighted by Crippen LogP contribution is -2.46. The predicted octanol–water partition coefficient (Wildman–Crippen LogP) is 3.39. The van der Waals surface area contributed by atoms with Gasteiger partial charge in [0.25, 0.3) is 0 Å². The summed E-state index contributed by atoms with van der Waals surface area (Å²) in [7, 11) is 0. The van der Waals surface area contributed by atoms with E-state index in [1.807, 2.05) is 31.2 Å². The molecular formula is C18H18F3N3O3. The Morgan fingerprint density at radius 3 is 2.41 bits per heavy atom. The van der Waals surface area contributed by atoms with Gasteiger partial charge in [-0.2, -0.15) is 13.2 Å². The van der Waals surface area contributed by atoms with E-state index in [1.165, 1.54) is 6.20 Å². The summed E-state index contributed by atoms with van der Waals surface area (Å²) in [6.07, 6.45) is -3.09. The van der Waals surface area contributed by atoms with Gasteiger partial charge < -0.3 is 9.42 Å². The number of hydrogen-bond acceptors (Lipinski definition) is 4. The van der Waals surface area contributed by atoms with Gasteiger partial charge in [-0.3, -0.25) is 14.9 Å². The summed E-state index contributed by atoms with van der Waals surface area (Å²) in [6.45, 7) is 1.73. The third kappa shape index (κ3) is 4.29. The molecule has 0 saturated carbocycles. The molecule has 3 rings (SSSR count). The zero-order chi connectivity index (χ0) is 19.6. The van der Waals surface area contributed by atoms with Crippen LogP contribution in [0, 0.1) is 12.8 Å². The Hall–Kier alpha value is -2.84. The molecule has 1 aliphatic rings. The SMILES string of the molecule is Cc1ccc(-c2cnoc2NC(=O)C2CCN(C(=O)C(F)(F)F)CC2)cc1. The summed E-state index contributed by atoms with van der Waals surface area (Å²) < 4.78 is 42.6. The highest BCUT2D eigenvalue weighted by atomic mass is 19.4. The lowest BCUT2D eigenvalue weighted by Gasteiger charge is -2.31. The Bertz CT molecular complexity index is 822. The normalized spacial score (nSPS) is 15.6. The maximum Gasteiger partial charge on any atom is 0.471 e. The summed E-state index contributed by atoms with van der Waals surface area (Å²) >= 11 is 0. The number of halogens is 3. The van der Waals surface area contributed by atoms with E-state index in [0.29, 0.717) is 5.56 Å². The van der Waals surface area contributed by atoms with E-state index in [-0.39, 0.29) is 37.7 Å². The molecule has 1 aromatic heterocycles. The van der Waals surface area contributed by atoms with Gasteiger partial charge in [0.1, 0.15) is 0 Å². The largest absolute Gasteiger partial charge is 0.471 e. The topological polar surface area (TPSA) is 75.4 Å². The van der Waals surface area contributed by atoms with Crippen molar-refractivity contribution in [3.63, 3.8) is 0 Å². The molecule has 1 fully saturated rings. The summed E-state index contributed by atoms with van der Waals surface area (Å²) in [6, 6.07) is 7.58. The molecule has 1 aliphatic heterocycles. The molecule has 2 amide bonds. The molecule has 0 spiro atoms. The van der Waals surface area contributed by atoms with Crippen molar-refractivity contribution < 1.29 is 27.3 Å². The highest BCUT2D eigenvalue weighted by molar-refractivity contribution is 5.95. The number of nitrogens with zero attached hydrogens (tertiary/aromatic N) is 2. The Morgan fingerprint density at radius 1 is 1.19 bits per heavy atom. The van der Waals surface area contributed by atoms with Crippen molar-refractivity contribution in [3.05, 3.63) is 36.0 Å². The third-order valence-corrected chi connectivity index (χ3v) is 4.57. The van der Waals surface area contributed by atoms with Crippen LogP contribution in [0.4, 0.5) is 19.1 Å². The van der Waals surface area contributed by atoms with Crippen molar-refractivity contribution in [2.45, 2.75) is 25.9 Å². The molecule has 2 heterocycles. The highest BCUT2D eigenvalue weighted by Gasteiger charge is 2.43. The molecule has 1 aromatic carbocycles. The van der Waals surface area contributed by atoms with Crippen LogP contribution in [0.25, 0.3) is 11.1 Å². The predicted molar refractivity (Wildman–Crippen MR) is 90.7 cm³/mol. The molecule has 1 N–H and O–H groups in total. The van der Waals surface area contributed by atoms with Crippen molar-refractivity contribution in [2.24, 2.45) is 5.92 Å². The number of benzene rings is 1. The summed E-state index contributed by atoms with van der Waals surface area (Å²) in [5, 5.41) is 6.37. The number of rotatable bonds is 3. The molecule has 144 valence electrons. The summed E-state index contributed by atoms with van der Waals surface area (Å²) in [5.41, 5.74) is 2.52. The van der Waals surface area contributed by atoms with Gasteiger partial charge in [-0.1, -0.05) is 35.0 Å². The standard InChI is InChI=1S/C18H18F3N3O3/c1-11-2-4-12(5-3-11)14-10-22-27-16(14)23-15(25)13-6-8-24(9-7-13)17(26)18(19,20)21/h2-5,10,13H,6-9H2,1H3,(H,23,25). The minimum atomic E-state index is -4.89. The van der Waals surface area contributed by atoms with Gasteiger partial charge in [-0.25, -0.2) is 0 Å². The second-order valence-corrected chi connectivity index (χ2v) is 6.49. The maximum absolute atomic E-state index is 12.5. The molecule has 9 heteroatoms. The van der Waals surface area contributed by atoms with Crippen molar-refractivity contribution in [3.8, 4) is 11.1 Å². The fraction of sp³-hybridized carbons (Fsp3) is 0.389. The smallest absolute Gasteiger partial charge is 0.338 e. The molecule has 0 unspecified atom stereocenters. The lowest BCUT2D eigenvalue weighted by atomic mass is 9.95. The minimum Gasteiger partial charge on any atom is -0.338 e. The lowest BCUT2D eigenvalue weighted by molar-refractivity contribution is -0.186. The fourth-order valence-corrected chi connectivity index (χ4v) is 3.01. The van der Waals surface area contributed by atoms with E-state index in [0.717, 1.165) is 16.0 Å². The number of likely N-dealkylation sites (tertiary alicyclic amines) is 1. The monoisotopic (exact) mass is 381 g/mol. The van der Waals surface area contributed by atoms with Gasteiger partial charge in [-0.05, 0) is 25.3 Å². The average Bonchev–Trinajstić information content (AvgIpc) is 3.09. The minimum absolute atomic E-state index is 0.113. The van der Waals surface area contributed by atoms with Crippen molar-refractivity contribution in [1.29, 1.82) is 0 Å². The van der Waals surface area contributed by atoms with Crippen molar-refractivity contribution in [2.75, 3.05) is 18.4 Å². The van der Waals surface area contributed by atoms with Crippen LogP contribution in [0.1, 0.15) is 18.4 Å². The van der Waals surface area contributed by atoms with Gasteiger partial charge in [0.2, 0.25) is 11.8 Å². The highest BCUT2D eigenvalue weighted by Crippen LogP contribution is 2.30. The number of alkyl halides is 3. The first-order valence-electron chi connectivity index (χ1n) is 8.44.